The fraction of sp³-hybridized carbons (Fsp3) is 1.00. The Morgan fingerprint density at radius 2 is 1.50 bits per heavy atom. The first-order valence-electron chi connectivity index (χ1n) is 8.74. The van der Waals surface area contributed by atoms with Crippen molar-refractivity contribution in [2.45, 2.75) is 85.0 Å². The van der Waals surface area contributed by atoms with E-state index in [-0.39, 0.29) is 0 Å². The van der Waals surface area contributed by atoms with Gasteiger partial charge >= 0.3 is 0 Å². The summed E-state index contributed by atoms with van der Waals surface area (Å²) in [5, 5.41) is 0. The maximum Gasteiger partial charge on any atom is -0.0352 e. The van der Waals surface area contributed by atoms with Crippen LogP contribution in [0.15, 0.2) is 0 Å². The van der Waals surface area contributed by atoms with Crippen LogP contribution in [-0.4, -0.2) is 0 Å². The van der Waals surface area contributed by atoms with Gasteiger partial charge in [0.1, 0.15) is 0 Å². The summed E-state index contributed by atoms with van der Waals surface area (Å²) in [7, 11) is 0. The summed E-state index contributed by atoms with van der Waals surface area (Å²) in [4.78, 5) is 0. The monoisotopic (exact) mass is 250 g/mol. The van der Waals surface area contributed by atoms with Crippen LogP contribution in [-0.2, 0) is 0 Å². The lowest BCUT2D eigenvalue weighted by Crippen LogP contribution is -2.21. The van der Waals surface area contributed by atoms with Gasteiger partial charge in [0.25, 0.3) is 0 Å². The van der Waals surface area contributed by atoms with E-state index < -0.39 is 0 Å². The molecule has 5 atom stereocenters. The molecule has 5 unspecified atom stereocenters. The molecule has 2 aliphatic carbocycles. The van der Waals surface area contributed by atoms with Crippen molar-refractivity contribution in [2.24, 2.45) is 29.6 Å². The van der Waals surface area contributed by atoms with Gasteiger partial charge in [0, 0.05) is 0 Å². The largest absolute Gasteiger partial charge is 0.0651 e. The Hall–Kier alpha value is 0. The summed E-state index contributed by atoms with van der Waals surface area (Å²) in [6.45, 7) is 7.40. The van der Waals surface area contributed by atoms with Crippen molar-refractivity contribution < 1.29 is 0 Å². The molecule has 0 spiro atoms. The fourth-order valence-corrected chi connectivity index (χ4v) is 4.28. The summed E-state index contributed by atoms with van der Waals surface area (Å²) in [6.07, 6.45) is 15.1. The van der Waals surface area contributed by atoms with E-state index in [0.717, 1.165) is 29.6 Å². The molecule has 0 aromatic heterocycles. The van der Waals surface area contributed by atoms with Gasteiger partial charge in [-0.1, -0.05) is 72.1 Å². The molecular weight excluding hydrogens is 216 g/mol. The van der Waals surface area contributed by atoms with Crippen molar-refractivity contribution in [1.82, 2.24) is 0 Å². The van der Waals surface area contributed by atoms with Crippen LogP contribution in [0.5, 0.6) is 0 Å². The van der Waals surface area contributed by atoms with Crippen LogP contribution >= 0.6 is 0 Å². The quantitative estimate of drug-likeness (QED) is 0.571. The van der Waals surface area contributed by atoms with Crippen LogP contribution < -0.4 is 0 Å². The second kappa shape index (κ2) is 6.96. The van der Waals surface area contributed by atoms with Crippen molar-refractivity contribution in [3.05, 3.63) is 0 Å². The third kappa shape index (κ3) is 3.75. The van der Waals surface area contributed by atoms with Crippen LogP contribution in [0, 0.1) is 29.6 Å². The van der Waals surface area contributed by atoms with Crippen LogP contribution in [0.2, 0.25) is 0 Å². The number of hydrogen-bond donors (Lipinski definition) is 0. The topological polar surface area (TPSA) is 0 Å². The van der Waals surface area contributed by atoms with E-state index in [1.54, 1.807) is 12.8 Å². The standard InChI is InChI=1S/C18H34/c1-4-14(2)15(3)17-12-10-8-6-5-7-9-11-16-13-18(16)17/h14-18H,4-13H2,1-3H3. The minimum atomic E-state index is 0.932. The molecule has 0 N–H and O–H groups in total. The summed E-state index contributed by atoms with van der Waals surface area (Å²) in [6, 6.07) is 0. The molecule has 2 rings (SSSR count). The molecule has 0 aromatic rings. The maximum absolute atomic E-state index is 2.55. The molecule has 18 heavy (non-hydrogen) atoms. The molecule has 0 aromatic carbocycles. The van der Waals surface area contributed by atoms with E-state index in [1.165, 1.54) is 51.4 Å². The average Bonchev–Trinajstić information content (AvgIpc) is 3.13. The molecule has 2 saturated carbocycles. The van der Waals surface area contributed by atoms with Gasteiger partial charge in [0.05, 0.1) is 0 Å². The second-order valence-electron chi connectivity index (χ2n) is 7.27. The van der Waals surface area contributed by atoms with Crippen molar-refractivity contribution in [2.75, 3.05) is 0 Å². The highest BCUT2D eigenvalue weighted by molar-refractivity contribution is 4.93. The Balaban J connectivity index is 1.92. The summed E-state index contributed by atoms with van der Waals surface area (Å²) < 4.78 is 0. The first kappa shape index (κ1) is 14.4. The van der Waals surface area contributed by atoms with Crippen molar-refractivity contribution in [3.63, 3.8) is 0 Å². The zero-order valence-corrected chi connectivity index (χ0v) is 13.0. The molecular formula is C18H34. The van der Waals surface area contributed by atoms with E-state index in [4.69, 9.17) is 0 Å². The number of fused-ring (bicyclic) bond motifs is 1. The zero-order valence-electron chi connectivity index (χ0n) is 13.0. The highest BCUT2D eigenvalue weighted by Crippen LogP contribution is 2.52. The van der Waals surface area contributed by atoms with Crippen molar-refractivity contribution >= 4 is 0 Å². The van der Waals surface area contributed by atoms with Gasteiger partial charge in [0.15, 0.2) is 0 Å². The first-order valence-corrected chi connectivity index (χ1v) is 8.74. The Kier molecular flexibility index (Phi) is 5.57. The second-order valence-corrected chi connectivity index (χ2v) is 7.27. The van der Waals surface area contributed by atoms with Crippen molar-refractivity contribution in [3.8, 4) is 0 Å². The van der Waals surface area contributed by atoms with Gasteiger partial charge in [-0.05, 0) is 42.4 Å². The minimum absolute atomic E-state index is 0.932. The smallest absolute Gasteiger partial charge is 0.0352 e. The molecule has 0 bridgehead atoms. The Morgan fingerprint density at radius 3 is 2.17 bits per heavy atom. The van der Waals surface area contributed by atoms with Crippen LogP contribution in [0.25, 0.3) is 0 Å². The van der Waals surface area contributed by atoms with Crippen LogP contribution in [0.1, 0.15) is 85.0 Å². The SMILES string of the molecule is CCC(C)C(C)C1CCCCCCCCC2CC21. The Bertz CT molecular complexity index is 232. The zero-order chi connectivity index (χ0) is 13.0. The Morgan fingerprint density at radius 1 is 0.889 bits per heavy atom. The average molecular weight is 250 g/mol. The highest BCUT2D eigenvalue weighted by Gasteiger charge is 2.44. The predicted octanol–water partition coefficient (Wildman–Crippen LogP) is 6.06. The van der Waals surface area contributed by atoms with E-state index in [2.05, 4.69) is 20.8 Å². The number of hydrogen-bond acceptors (Lipinski definition) is 0. The maximum atomic E-state index is 2.55. The molecule has 2 aliphatic rings. The number of rotatable bonds is 3. The summed E-state index contributed by atoms with van der Waals surface area (Å²) in [5.41, 5.74) is 0. The molecule has 0 aliphatic heterocycles. The normalized spacial score (nSPS) is 37.2. The molecule has 106 valence electrons. The lowest BCUT2D eigenvalue weighted by Gasteiger charge is -2.29. The van der Waals surface area contributed by atoms with E-state index >= 15 is 0 Å². The van der Waals surface area contributed by atoms with Gasteiger partial charge in [-0.2, -0.15) is 0 Å². The summed E-state index contributed by atoms with van der Waals surface area (Å²) >= 11 is 0. The van der Waals surface area contributed by atoms with Crippen LogP contribution in [0.3, 0.4) is 0 Å². The lowest BCUT2D eigenvalue weighted by atomic mass is 9.76. The van der Waals surface area contributed by atoms with Gasteiger partial charge in [-0.25, -0.2) is 0 Å². The molecule has 0 amide bonds. The molecule has 0 saturated heterocycles. The first-order chi connectivity index (χ1) is 8.74. The molecule has 0 nitrogen and oxygen atoms in total. The van der Waals surface area contributed by atoms with E-state index in [9.17, 15) is 0 Å². The fourth-order valence-electron chi connectivity index (χ4n) is 4.28. The third-order valence-corrected chi connectivity index (χ3v) is 6.11. The summed E-state index contributed by atoms with van der Waals surface area (Å²) in [5.74, 6) is 5.20. The predicted molar refractivity (Wildman–Crippen MR) is 80.6 cm³/mol. The van der Waals surface area contributed by atoms with Gasteiger partial charge in [0.2, 0.25) is 0 Å². The lowest BCUT2D eigenvalue weighted by molar-refractivity contribution is 0.205. The molecule has 0 radical (unpaired) electrons. The van der Waals surface area contributed by atoms with Gasteiger partial charge in [-0.15, -0.1) is 0 Å². The molecule has 0 heteroatoms. The molecule has 2 fully saturated rings. The van der Waals surface area contributed by atoms with Crippen molar-refractivity contribution in [1.29, 1.82) is 0 Å². The minimum Gasteiger partial charge on any atom is -0.0651 e. The van der Waals surface area contributed by atoms with Gasteiger partial charge < -0.3 is 0 Å². The third-order valence-electron chi connectivity index (χ3n) is 6.11. The van der Waals surface area contributed by atoms with Gasteiger partial charge in [-0.3, -0.25) is 0 Å². The molecule has 0 heterocycles. The van der Waals surface area contributed by atoms with Crippen LogP contribution in [0.4, 0.5) is 0 Å². The Labute approximate surface area is 115 Å². The highest BCUT2D eigenvalue weighted by atomic mass is 14.5. The van der Waals surface area contributed by atoms with E-state index in [1.807, 2.05) is 0 Å². The van der Waals surface area contributed by atoms with E-state index in [0.29, 0.717) is 0 Å².